The molecule has 0 saturated carbocycles. The monoisotopic (exact) mass is 299 g/mol. The number of likely N-dealkylation sites (tertiary alicyclic amines) is 1. The number of carbonyl (C=O) groups is 3. The van der Waals surface area contributed by atoms with Crippen LogP contribution in [0.5, 0.6) is 0 Å². The Hall–Kier alpha value is -1.63. The van der Waals surface area contributed by atoms with E-state index in [2.05, 4.69) is 5.32 Å². The molecule has 0 aliphatic carbocycles. The number of amides is 2. The third-order valence-corrected chi connectivity index (χ3v) is 3.91. The van der Waals surface area contributed by atoms with Gasteiger partial charge in [0, 0.05) is 19.0 Å². The van der Waals surface area contributed by atoms with Crippen LogP contribution in [-0.4, -0.2) is 53.0 Å². The van der Waals surface area contributed by atoms with Gasteiger partial charge in [0.25, 0.3) is 0 Å². The second-order valence-corrected chi connectivity index (χ2v) is 5.94. The molecule has 1 fully saturated rings. The number of hydrogen-bond acceptors (Lipinski definition) is 4. The fraction of sp³-hybridized carbons (Fsp3) is 0.786. The maximum Gasteiger partial charge on any atom is 0.325 e. The van der Waals surface area contributed by atoms with E-state index in [0.717, 1.165) is 0 Å². The summed E-state index contributed by atoms with van der Waals surface area (Å²) < 4.78 is 0. The smallest absolute Gasteiger partial charge is 0.325 e. The van der Waals surface area contributed by atoms with Gasteiger partial charge < -0.3 is 21.1 Å². The van der Waals surface area contributed by atoms with Crippen molar-refractivity contribution in [3.63, 3.8) is 0 Å². The van der Waals surface area contributed by atoms with Gasteiger partial charge >= 0.3 is 5.97 Å². The van der Waals surface area contributed by atoms with E-state index in [-0.39, 0.29) is 23.7 Å². The second-order valence-electron chi connectivity index (χ2n) is 5.94. The molecule has 1 aliphatic rings. The minimum atomic E-state index is -1.06. The first-order chi connectivity index (χ1) is 9.73. The van der Waals surface area contributed by atoms with E-state index >= 15 is 0 Å². The van der Waals surface area contributed by atoms with Crippen molar-refractivity contribution in [2.45, 2.75) is 45.7 Å². The molecule has 7 nitrogen and oxygen atoms in total. The highest BCUT2D eigenvalue weighted by atomic mass is 16.4. The Morgan fingerprint density at radius 1 is 1.19 bits per heavy atom. The zero-order valence-electron chi connectivity index (χ0n) is 12.8. The third-order valence-electron chi connectivity index (χ3n) is 3.91. The number of piperidine rings is 1. The highest BCUT2D eigenvalue weighted by Crippen LogP contribution is 2.19. The summed E-state index contributed by atoms with van der Waals surface area (Å²) in [6.07, 6.45) is 1.07. The minimum absolute atomic E-state index is 0.0786. The molecule has 0 aromatic rings. The number of rotatable bonds is 5. The van der Waals surface area contributed by atoms with E-state index in [9.17, 15) is 14.4 Å². The molecule has 0 spiro atoms. The van der Waals surface area contributed by atoms with Crippen LogP contribution < -0.4 is 11.1 Å². The molecule has 4 N–H and O–H groups in total. The first-order valence-electron chi connectivity index (χ1n) is 7.31. The molecule has 1 rings (SSSR count). The SMILES string of the molecule is CC(NC(=O)C1CCN(C(=O)C(N)C(C)C)CC1)C(=O)O. The largest absolute Gasteiger partial charge is 0.480 e. The Bertz CT molecular complexity index is 403. The molecular weight excluding hydrogens is 274 g/mol. The van der Waals surface area contributed by atoms with Gasteiger partial charge in [-0.15, -0.1) is 0 Å². The highest BCUT2D eigenvalue weighted by Gasteiger charge is 2.31. The van der Waals surface area contributed by atoms with Crippen molar-refractivity contribution >= 4 is 17.8 Å². The minimum Gasteiger partial charge on any atom is -0.480 e. The molecule has 120 valence electrons. The zero-order valence-corrected chi connectivity index (χ0v) is 12.8. The maximum atomic E-state index is 12.1. The lowest BCUT2D eigenvalue weighted by Crippen LogP contribution is -2.51. The Balaban J connectivity index is 2.47. The van der Waals surface area contributed by atoms with Crippen LogP contribution in [0.3, 0.4) is 0 Å². The molecule has 2 amide bonds. The van der Waals surface area contributed by atoms with Crippen LogP contribution in [0.25, 0.3) is 0 Å². The summed E-state index contributed by atoms with van der Waals surface area (Å²) in [6.45, 7) is 6.20. The molecule has 7 heteroatoms. The number of carbonyl (C=O) groups excluding carboxylic acids is 2. The van der Waals surface area contributed by atoms with Crippen molar-refractivity contribution in [1.29, 1.82) is 0 Å². The van der Waals surface area contributed by atoms with Crippen LogP contribution in [0.2, 0.25) is 0 Å². The molecule has 0 radical (unpaired) electrons. The summed E-state index contributed by atoms with van der Waals surface area (Å²) in [5.74, 6) is -1.56. The molecule has 1 saturated heterocycles. The number of nitrogens with zero attached hydrogens (tertiary/aromatic N) is 1. The average Bonchev–Trinajstić information content (AvgIpc) is 2.45. The number of nitrogens with one attached hydrogen (secondary N) is 1. The normalized spacial score (nSPS) is 19.2. The van der Waals surface area contributed by atoms with E-state index in [0.29, 0.717) is 25.9 Å². The predicted octanol–water partition coefficient (Wildman–Crippen LogP) is -0.202. The van der Waals surface area contributed by atoms with Gasteiger partial charge in [0.2, 0.25) is 11.8 Å². The number of aliphatic carboxylic acids is 1. The van der Waals surface area contributed by atoms with Gasteiger partial charge in [-0.1, -0.05) is 13.8 Å². The van der Waals surface area contributed by atoms with Crippen LogP contribution in [0.1, 0.15) is 33.6 Å². The van der Waals surface area contributed by atoms with Crippen LogP contribution in [0.15, 0.2) is 0 Å². The Kier molecular flexibility index (Phi) is 6.14. The van der Waals surface area contributed by atoms with Crippen LogP contribution in [-0.2, 0) is 14.4 Å². The van der Waals surface area contributed by atoms with E-state index in [1.54, 1.807) is 4.90 Å². The lowest BCUT2D eigenvalue weighted by molar-refractivity contribution is -0.142. The molecule has 0 bridgehead atoms. The summed E-state index contributed by atoms with van der Waals surface area (Å²) >= 11 is 0. The first-order valence-corrected chi connectivity index (χ1v) is 7.31. The fourth-order valence-corrected chi connectivity index (χ4v) is 2.25. The number of hydrogen-bond donors (Lipinski definition) is 3. The van der Waals surface area contributed by atoms with Crippen molar-refractivity contribution in [3.8, 4) is 0 Å². The molecule has 1 heterocycles. The van der Waals surface area contributed by atoms with E-state index < -0.39 is 18.1 Å². The molecule has 1 aliphatic heterocycles. The van der Waals surface area contributed by atoms with Gasteiger partial charge in [0.1, 0.15) is 6.04 Å². The van der Waals surface area contributed by atoms with Gasteiger partial charge in [-0.3, -0.25) is 14.4 Å². The van der Waals surface area contributed by atoms with Gasteiger partial charge in [0.15, 0.2) is 0 Å². The zero-order chi connectivity index (χ0) is 16.2. The van der Waals surface area contributed by atoms with Crippen LogP contribution in [0.4, 0.5) is 0 Å². The fourth-order valence-electron chi connectivity index (χ4n) is 2.25. The second kappa shape index (κ2) is 7.40. The van der Waals surface area contributed by atoms with Crippen LogP contribution >= 0.6 is 0 Å². The number of carboxylic acid groups (broad SMARTS) is 1. The standard InChI is InChI=1S/C14H25N3O4/c1-8(2)11(15)13(19)17-6-4-10(5-7-17)12(18)16-9(3)14(20)21/h8-11H,4-7,15H2,1-3H3,(H,16,18)(H,20,21). The quantitative estimate of drug-likeness (QED) is 0.650. The van der Waals surface area contributed by atoms with Gasteiger partial charge in [-0.05, 0) is 25.7 Å². The highest BCUT2D eigenvalue weighted by molar-refractivity contribution is 5.85. The first kappa shape index (κ1) is 17.4. The van der Waals surface area contributed by atoms with Crippen molar-refractivity contribution in [1.82, 2.24) is 10.2 Å². The molecule has 0 aromatic carbocycles. The molecule has 2 unspecified atom stereocenters. The van der Waals surface area contributed by atoms with Crippen molar-refractivity contribution in [2.24, 2.45) is 17.6 Å². The van der Waals surface area contributed by atoms with E-state index in [1.165, 1.54) is 6.92 Å². The Morgan fingerprint density at radius 3 is 2.14 bits per heavy atom. The lowest BCUT2D eigenvalue weighted by atomic mass is 9.94. The van der Waals surface area contributed by atoms with Gasteiger partial charge in [-0.25, -0.2) is 0 Å². The van der Waals surface area contributed by atoms with E-state index in [1.807, 2.05) is 13.8 Å². The summed E-state index contributed by atoms with van der Waals surface area (Å²) in [6, 6.07) is -1.41. The van der Waals surface area contributed by atoms with Gasteiger partial charge in [-0.2, -0.15) is 0 Å². The van der Waals surface area contributed by atoms with Crippen molar-refractivity contribution in [2.75, 3.05) is 13.1 Å². The number of nitrogens with two attached hydrogens (primary N) is 1. The topological polar surface area (TPSA) is 113 Å². The maximum absolute atomic E-state index is 12.1. The van der Waals surface area contributed by atoms with Crippen LogP contribution in [0, 0.1) is 11.8 Å². The molecule has 2 atom stereocenters. The third kappa shape index (κ3) is 4.70. The number of carboxylic acids is 1. The van der Waals surface area contributed by atoms with Crippen molar-refractivity contribution in [3.05, 3.63) is 0 Å². The Morgan fingerprint density at radius 2 is 1.71 bits per heavy atom. The Labute approximate surface area is 124 Å². The predicted molar refractivity (Wildman–Crippen MR) is 77.4 cm³/mol. The average molecular weight is 299 g/mol. The molecule has 0 aromatic heterocycles. The lowest BCUT2D eigenvalue weighted by Gasteiger charge is -2.33. The van der Waals surface area contributed by atoms with Crippen molar-refractivity contribution < 1.29 is 19.5 Å². The molecule has 21 heavy (non-hydrogen) atoms. The summed E-state index contributed by atoms with van der Waals surface area (Å²) in [7, 11) is 0. The summed E-state index contributed by atoms with van der Waals surface area (Å²) in [4.78, 5) is 36.4. The molecular formula is C14H25N3O4. The van der Waals surface area contributed by atoms with E-state index in [4.69, 9.17) is 10.8 Å². The summed E-state index contributed by atoms with van der Waals surface area (Å²) in [5.41, 5.74) is 5.85. The summed E-state index contributed by atoms with van der Waals surface area (Å²) in [5, 5.41) is 11.2. The van der Waals surface area contributed by atoms with Gasteiger partial charge in [0.05, 0.1) is 6.04 Å².